The largest absolute Gasteiger partial charge is 0.391 e. The van der Waals surface area contributed by atoms with Gasteiger partial charge in [-0.05, 0) is 36.4 Å². The van der Waals surface area contributed by atoms with Crippen molar-refractivity contribution in [2.45, 2.75) is 55.7 Å². The fourth-order valence-corrected chi connectivity index (χ4v) is 6.80. The molecule has 4 aliphatic rings. The van der Waals surface area contributed by atoms with Crippen molar-refractivity contribution in [3.05, 3.63) is 71.7 Å². The van der Waals surface area contributed by atoms with Gasteiger partial charge in [-0.15, -0.1) is 0 Å². The van der Waals surface area contributed by atoms with Gasteiger partial charge in [-0.25, -0.2) is 15.0 Å². The normalized spacial score (nSPS) is 27.2. The quantitative estimate of drug-likeness (QED) is 0.163. The van der Waals surface area contributed by atoms with Crippen molar-refractivity contribution in [1.29, 1.82) is 0 Å². The summed E-state index contributed by atoms with van der Waals surface area (Å²) in [4.78, 5) is 97.6. The molecule has 7 rings (SSSR count). The molecule has 6 amide bonds. The zero-order chi connectivity index (χ0) is 36.0. The van der Waals surface area contributed by atoms with E-state index in [1.807, 2.05) is 0 Å². The van der Waals surface area contributed by atoms with Crippen LogP contribution >= 0.6 is 0 Å². The third-order valence-electron chi connectivity index (χ3n) is 9.19. The Morgan fingerprint density at radius 3 is 1.02 bits per heavy atom. The lowest BCUT2D eigenvalue weighted by Gasteiger charge is -2.25. The van der Waals surface area contributed by atoms with Crippen molar-refractivity contribution >= 4 is 52.9 Å². The number of rotatable bonds is 0. The lowest BCUT2D eigenvalue weighted by Crippen LogP contribution is -2.45. The highest BCUT2D eigenvalue weighted by Crippen LogP contribution is 2.26. The first-order chi connectivity index (χ1) is 24.4. The van der Waals surface area contributed by atoms with E-state index < -0.39 is 71.9 Å². The average molecular weight is 700 g/mol. The topological polar surface area (TPSA) is 248 Å². The van der Waals surface area contributed by atoms with Gasteiger partial charge in [-0.3, -0.25) is 28.8 Å². The van der Waals surface area contributed by atoms with E-state index in [0.29, 0.717) is 0 Å². The second-order valence-electron chi connectivity index (χ2n) is 12.8. The SMILES string of the molecule is O=C1Nc2cccc(n2)C(=O)N2C[C@H](O)C[C@H]2C(=O)Nc2cccc(n2)C(=O)N2C[C@H](O)C[C@H]2C(=O)Nc2cccc(n2)C(=O)N2C[C@H](O)C[C@@H]12. The Morgan fingerprint density at radius 2 is 0.745 bits per heavy atom. The Hall–Kier alpha value is -5.85. The van der Waals surface area contributed by atoms with Crippen LogP contribution in [-0.4, -0.2) is 136 Å². The van der Waals surface area contributed by atoms with E-state index in [1.165, 1.54) is 54.6 Å². The van der Waals surface area contributed by atoms with Crippen LogP contribution in [0.2, 0.25) is 0 Å². The number of nitrogens with one attached hydrogen (secondary N) is 3. The summed E-state index contributed by atoms with van der Waals surface area (Å²) in [5.41, 5.74) is -0.404. The van der Waals surface area contributed by atoms with E-state index in [9.17, 15) is 44.1 Å². The summed E-state index contributed by atoms with van der Waals surface area (Å²) >= 11 is 0. The zero-order valence-electron chi connectivity index (χ0n) is 26.9. The van der Waals surface area contributed by atoms with Crippen molar-refractivity contribution in [3.63, 3.8) is 0 Å². The summed E-state index contributed by atoms with van der Waals surface area (Å²) < 4.78 is 0. The molecule has 264 valence electrons. The molecule has 7 heterocycles. The molecule has 4 aliphatic heterocycles. The van der Waals surface area contributed by atoms with Gasteiger partial charge in [-0.1, -0.05) is 18.2 Å². The zero-order valence-corrected chi connectivity index (χ0v) is 26.9. The third-order valence-corrected chi connectivity index (χ3v) is 9.19. The Morgan fingerprint density at radius 1 is 0.471 bits per heavy atom. The molecule has 6 atom stereocenters. The van der Waals surface area contributed by atoms with E-state index in [1.54, 1.807) is 0 Å². The molecule has 0 spiro atoms. The minimum atomic E-state index is -1.15. The van der Waals surface area contributed by atoms with Crippen molar-refractivity contribution in [2.24, 2.45) is 0 Å². The summed E-state index contributed by atoms with van der Waals surface area (Å²) in [6.07, 6.45) is -3.40. The highest BCUT2D eigenvalue weighted by Gasteiger charge is 2.43. The van der Waals surface area contributed by atoms with Crippen LogP contribution in [-0.2, 0) is 14.4 Å². The number of aromatic nitrogens is 3. The Labute approximate surface area is 289 Å². The van der Waals surface area contributed by atoms with Crippen molar-refractivity contribution in [1.82, 2.24) is 29.7 Å². The maximum Gasteiger partial charge on any atom is 0.273 e. The molecule has 3 aromatic rings. The van der Waals surface area contributed by atoms with E-state index in [0.717, 1.165) is 14.7 Å². The maximum atomic E-state index is 13.7. The van der Waals surface area contributed by atoms with Gasteiger partial charge in [0.25, 0.3) is 17.7 Å². The van der Waals surface area contributed by atoms with Crippen LogP contribution in [0.25, 0.3) is 0 Å². The summed E-state index contributed by atoms with van der Waals surface area (Å²) in [6.45, 7) is -0.559. The lowest BCUT2D eigenvalue weighted by atomic mass is 10.1. The van der Waals surface area contributed by atoms with Gasteiger partial charge < -0.3 is 46.0 Å². The van der Waals surface area contributed by atoms with Crippen LogP contribution in [0, 0.1) is 0 Å². The molecule has 18 heteroatoms. The van der Waals surface area contributed by atoms with Crippen LogP contribution in [0.3, 0.4) is 0 Å². The number of anilines is 3. The molecule has 6 bridgehead atoms. The number of hydrogen-bond acceptors (Lipinski definition) is 12. The summed E-state index contributed by atoms with van der Waals surface area (Å²) in [6, 6.07) is 9.39. The van der Waals surface area contributed by atoms with Gasteiger partial charge in [-0.2, -0.15) is 0 Å². The minimum Gasteiger partial charge on any atom is -0.391 e. The number of fused-ring (bicyclic) bond motifs is 9. The van der Waals surface area contributed by atoms with Gasteiger partial charge in [0.1, 0.15) is 52.7 Å². The number of carbonyl (C=O) groups excluding carboxylic acids is 6. The smallest absolute Gasteiger partial charge is 0.273 e. The first kappa shape index (κ1) is 33.6. The predicted molar refractivity (Wildman–Crippen MR) is 175 cm³/mol. The summed E-state index contributed by atoms with van der Waals surface area (Å²) in [7, 11) is 0. The maximum absolute atomic E-state index is 13.7. The predicted octanol–water partition coefficient (Wildman–Crippen LogP) is -1.17. The Kier molecular flexibility index (Phi) is 8.88. The van der Waals surface area contributed by atoms with Gasteiger partial charge in [0.05, 0.1) is 18.3 Å². The lowest BCUT2D eigenvalue weighted by molar-refractivity contribution is -0.120. The van der Waals surface area contributed by atoms with Gasteiger partial charge in [0.15, 0.2) is 0 Å². The highest BCUT2D eigenvalue weighted by molar-refractivity contribution is 6.04. The monoisotopic (exact) mass is 699 g/mol. The first-order valence-electron chi connectivity index (χ1n) is 16.3. The van der Waals surface area contributed by atoms with Crippen LogP contribution in [0.4, 0.5) is 17.5 Å². The molecule has 51 heavy (non-hydrogen) atoms. The fourth-order valence-electron chi connectivity index (χ4n) is 6.80. The molecule has 0 aliphatic carbocycles. The second-order valence-corrected chi connectivity index (χ2v) is 12.8. The Balaban J connectivity index is 1.25. The van der Waals surface area contributed by atoms with E-state index in [-0.39, 0.29) is 73.4 Å². The van der Waals surface area contributed by atoms with Crippen molar-refractivity contribution in [2.75, 3.05) is 35.6 Å². The molecule has 3 aromatic heterocycles. The summed E-state index contributed by atoms with van der Waals surface area (Å²) in [5, 5.41) is 39.2. The summed E-state index contributed by atoms with van der Waals surface area (Å²) in [5.74, 6) is -4.28. The molecular formula is C33H33N9O9. The van der Waals surface area contributed by atoms with Crippen LogP contribution in [0.1, 0.15) is 50.7 Å². The molecule has 18 nitrogen and oxygen atoms in total. The number of aliphatic hydroxyl groups is 3. The molecule has 0 radical (unpaired) electrons. The number of carbonyl (C=O) groups is 6. The van der Waals surface area contributed by atoms with Crippen LogP contribution in [0.15, 0.2) is 54.6 Å². The van der Waals surface area contributed by atoms with E-state index >= 15 is 0 Å². The van der Waals surface area contributed by atoms with Gasteiger partial charge >= 0.3 is 0 Å². The van der Waals surface area contributed by atoms with E-state index in [4.69, 9.17) is 0 Å². The highest BCUT2D eigenvalue weighted by atomic mass is 16.3. The van der Waals surface area contributed by atoms with Gasteiger partial charge in [0, 0.05) is 38.9 Å². The first-order valence-corrected chi connectivity index (χ1v) is 16.3. The van der Waals surface area contributed by atoms with Crippen molar-refractivity contribution in [3.8, 4) is 0 Å². The molecule has 0 saturated carbocycles. The number of hydrogen-bond donors (Lipinski definition) is 6. The number of pyridine rings is 3. The van der Waals surface area contributed by atoms with Crippen LogP contribution < -0.4 is 16.0 Å². The van der Waals surface area contributed by atoms with Gasteiger partial charge in [0.2, 0.25) is 17.7 Å². The van der Waals surface area contributed by atoms with E-state index in [2.05, 4.69) is 30.9 Å². The second kappa shape index (κ2) is 13.5. The molecule has 3 saturated heterocycles. The number of amides is 6. The Bertz CT molecular complexity index is 1730. The molecule has 0 aromatic carbocycles. The third kappa shape index (κ3) is 6.71. The molecule has 6 N–H and O–H groups in total. The standard InChI is InChI=1S/C33H33N9O9/c43-16-11-23-29(47)38-26-8-3-6-21(36-26)33(51)42-15-18(45)12-24(42)30(48)39-27-9-2-5-20(35-27)32(50)41-14-17(44)10-22(41)28(46)37-25-7-1-4-19(34-25)31(49)40(23)13-16/h1-9,16-18,22-24,43-45H,10-15H2,(H,34,37,46)(H,36,38,47)(H,35,39,48)/t16-,17-,18-,22+,23+,24+/m1/s1. The number of aliphatic hydroxyl groups excluding tert-OH is 3. The minimum absolute atomic E-state index is 0.0329. The van der Waals surface area contributed by atoms with Crippen molar-refractivity contribution < 1.29 is 44.1 Å². The average Bonchev–Trinajstić information content (AvgIpc) is 3.83. The number of nitrogens with zero attached hydrogens (tertiary/aromatic N) is 6. The van der Waals surface area contributed by atoms with Crippen LogP contribution in [0.5, 0.6) is 0 Å². The molecular weight excluding hydrogens is 666 g/mol. The molecule has 3 fully saturated rings. The molecule has 0 unspecified atom stereocenters. The fraction of sp³-hybridized carbons (Fsp3) is 0.364.